The predicted octanol–water partition coefficient (Wildman–Crippen LogP) is 2.30. The molecule has 0 saturated carbocycles. The fourth-order valence-electron chi connectivity index (χ4n) is 3.86. The molecule has 0 aromatic carbocycles. The fourth-order valence-corrected chi connectivity index (χ4v) is 3.86. The Hall–Kier alpha value is -3.33. The third-order valence-corrected chi connectivity index (χ3v) is 5.42. The molecule has 31 heavy (non-hydrogen) atoms. The van der Waals surface area contributed by atoms with Crippen molar-refractivity contribution in [3.63, 3.8) is 0 Å². The largest absolute Gasteiger partial charge is 0.507 e. The number of H-pyrrole nitrogens is 1. The first-order valence-corrected chi connectivity index (χ1v) is 9.85. The molecule has 1 fully saturated rings. The number of rotatable bonds is 6. The molecule has 2 aromatic heterocycles. The average molecular weight is 429 g/mol. The molecule has 1 amide bonds. The number of aromatic nitrogens is 1. The standard InChI is InChI=1S/C22H27N3O6/c1-11-7-8-14(31-11)18-16(20(27)21(28)25(18)10-9-24(4)5)19(26)15-12(2)17(22(29)30-6)23-13(15)3/h7-8,18,23,26H,9-10H2,1-6H3/b19-16+/t18-/m0/s1. The summed E-state index contributed by atoms with van der Waals surface area (Å²) in [6.45, 7) is 5.87. The van der Waals surface area contributed by atoms with Crippen molar-refractivity contribution in [1.29, 1.82) is 0 Å². The first kappa shape index (κ1) is 22.4. The van der Waals surface area contributed by atoms with E-state index in [1.165, 1.54) is 12.0 Å². The molecule has 0 spiro atoms. The number of methoxy groups -OCH3 is 1. The molecule has 3 heterocycles. The summed E-state index contributed by atoms with van der Waals surface area (Å²) < 4.78 is 10.5. The van der Waals surface area contributed by atoms with E-state index in [-0.39, 0.29) is 23.6 Å². The van der Waals surface area contributed by atoms with Gasteiger partial charge in [-0.2, -0.15) is 0 Å². The highest BCUT2D eigenvalue weighted by Crippen LogP contribution is 2.41. The number of carbonyl (C=O) groups excluding carboxylic acids is 3. The number of aryl methyl sites for hydroxylation is 2. The minimum Gasteiger partial charge on any atom is -0.507 e. The molecule has 0 aliphatic carbocycles. The lowest BCUT2D eigenvalue weighted by Crippen LogP contribution is -2.35. The molecule has 0 bridgehead atoms. The van der Waals surface area contributed by atoms with Crippen LogP contribution in [0.1, 0.15) is 44.9 Å². The van der Waals surface area contributed by atoms with Gasteiger partial charge in [0.25, 0.3) is 11.7 Å². The van der Waals surface area contributed by atoms with E-state index in [1.807, 2.05) is 19.0 Å². The number of aliphatic hydroxyl groups excluding tert-OH is 1. The van der Waals surface area contributed by atoms with Gasteiger partial charge < -0.3 is 29.0 Å². The summed E-state index contributed by atoms with van der Waals surface area (Å²) in [6.07, 6.45) is 0. The molecule has 2 aromatic rings. The number of ketones is 1. The van der Waals surface area contributed by atoms with Crippen LogP contribution in [0.5, 0.6) is 0 Å². The number of ether oxygens (including phenoxy) is 1. The Kier molecular flexibility index (Phi) is 6.08. The summed E-state index contributed by atoms with van der Waals surface area (Å²) in [6, 6.07) is 2.56. The number of amides is 1. The van der Waals surface area contributed by atoms with Crippen molar-refractivity contribution >= 4 is 23.4 Å². The maximum absolute atomic E-state index is 13.0. The number of esters is 1. The number of aromatic amines is 1. The number of likely N-dealkylation sites (tertiary alicyclic amines) is 1. The maximum atomic E-state index is 13.0. The second-order valence-corrected chi connectivity index (χ2v) is 7.86. The Morgan fingerprint density at radius 2 is 1.94 bits per heavy atom. The summed E-state index contributed by atoms with van der Waals surface area (Å²) in [4.78, 5) is 44.1. The minimum atomic E-state index is -0.871. The van der Waals surface area contributed by atoms with Gasteiger partial charge in [-0.1, -0.05) is 0 Å². The quantitative estimate of drug-likeness (QED) is 0.313. The van der Waals surface area contributed by atoms with Crippen LogP contribution in [-0.2, 0) is 14.3 Å². The van der Waals surface area contributed by atoms with E-state index >= 15 is 0 Å². The van der Waals surface area contributed by atoms with Gasteiger partial charge in [0.2, 0.25) is 0 Å². The molecule has 3 rings (SSSR count). The summed E-state index contributed by atoms with van der Waals surface area (Å²) in [5.41, 5.74) is 1.30. The van der Waals surface area contributed by atoms with Crippen LogP contribution in [-0.4, -0.2) is 71.8 Å². The van der Waals surface area contributed by atoms with Crippen LogP contribution in [0.15, 0.2) is 22.1 Å². The minimum absolute atomic E-state index is 0.0697. The molecule has 0 radical (unpaired) electrons. The van der Waals surface area contributed by atoms with Gasteiger partial charge in [-0.05, 0) is 52.6 Å². The fraction of sp³-hybridized carbons (Fsp3) is 0.409. The number of Topliss-reactive ketones (excluding diaryl/α,β-unsaturated/α-hetero) is 1. The number of likely N-dealkylation sites (N-methyl/N-ethyl adjacent to an activating group) is 1. The number of carbonyl (C=O) groups is 3. The Labute approximate surface area is 180 Å². The molecule has 1 aliphatic rings. The molecular formula is C22H27N3O6. The summed E-state index contributed by atoms with van der Waals surface area (Å²) in [7, 11) is 4.99. The molecule has 9 heteroatoms. The molecule has 0 unspecified atom stereocenters. The lowest BCUT2D eigenvalue weighted by Gasteiger charge is -2.24. The van der Waals surface area contributed by atoms with E-state index in [2.05, 4.69) is 4.98 Å². The van der Waals surface area contributed by atoms with Gasteiger partial charge in [0.1, 0.15) is 29.0 Å². The number of aliphatic hydroxyl groups is 1. The number of hydrogen-bond acceptors (Lipinski definition) is 7. The first-order valence-electron chi connectivity index (χ1n) is 9.85. The lowest BCUT2D eigenvalue weighted by atomic mass is 9.97. The second-order valence-electron chi connectivity index (χ2n) is 7.86. The number of furan rings is 1. The number of hydrogen-bond donors (Lipinski definition) is 2. The van der Waals surface area contributed by atoms with Crippen molar-refractivity contribution in [3.8, 4) is 0 Å². The van der Waals surface area contributed by atoms with Crippen LogP contribution in [0.2, 0.25) is 0 Å². The molecule has 1 atom stereocenters. The van der Waals surface area contributed by atoms with Gasteiger partial charge in [0, 0.05) is 24.3 Å². The van der Waals surface area contributed by atoms with Crippen LogP contribution < -0.4 is 0 Å². The van der Waals surface area contributed by atoms with Gasteiger partial charge in [-0.15, -0.1) is 0 Å². The summed E-state index contributed by atoms with van der Waals surface area (Å²) in [5.74, 6) is -1.45. The van der Waals surface area contributed by atoms with Gasteiger partial charge in [0.15, 0.2) is 0 Å². The topological polar surface area (TPSA) is 116 Å². The molecule has 1 saturated heterocycles. The molecule has 1 aliphatic heterocycles. The van der Waals surface area contributed by atoms with Crippen LogP contribution in [0, 0.1) is 20.8 Å². The van der Waals surface area contributed by atoms with Crippen LogP contribution in [0.3, 0.4) is 0 Å². The zero-order valence-electron chi connectivity index (χ0n) is 18.5. The molecule has 166 valence electrons. The van der Waals surface area contributed by atoms with Crippen molar-refractivity contribution in [2.45, 2.75) is 26.8 Å². The molecule has 9 nitrogen and oxygen atoms in total. The average Bonchev–Trinajstić information content (AvgIpc) is 3.34. The Bertz CT molecular complexity index is 1080. The van der Waals surface area contributed by atoms with Crippen molar-refractivity contribution in [1.82, 2.24) is 14.8 Å². The second kappa shape index (κ2) is 8.43. The molecule has 2 N–H and O–H groups in total. The van der Waals surface area contributed by atoms with Crippen LogP contribution >= 0.6 is 0 Å². The highest BCUT2D eigenvalue weighted by molar-refractivity contribution is 6.46. The van der Waals surface area contributed by atoms with E-state index in [4.69, 9.17) is 9.15 Å². The highest BCUT2D eigenvalue weighted by Gasteiger charge is 2.47. The Morgan fingerprint density at radius 1 is 1.26 bits per heavy atom. The van der Waals surface area contributed by atoms with E-state index < -0.39 is 23.7 Å². The third-order valence-electron chi connectivity index (χ3n) is 5.42. The van der Waals surface area contributed by atoms with E-state index in [0.29, 0.717) is 34.9 Å². The van der Waals surface area contributed by atoms with Crippen molar-refractivity contribution < 1.29 is 28.6 Å². The monoisotopic (exact) mass is 429 g/mol. The number of nitrogens with zero attached hydrogens (tertiary/aromatic N) is 2. The van der Waals surface area contributed by atoms with Crippen LogP contribution in [0.4, 0.5) is 0 Å². The van der Waals surface area contributed by atoms with Gasteiger partial charge in [-0.3, -0.25) is 9.59 Å². The first-order chi connectivity index (χ1) is 14.6. The maximum Gasteiger partial charge on any atom is 0.354 e. The Morgan fingerprint density at radius 3 is 2.48 bits per heavy atom. The van der Waals surface area contributed by atoms with E-state index in [1.54, 1.807) is 32.9 Å². The predicted molar refractivity (Wildman–Crippen MR) is 113 cm³/mol. The highest BCUT2D eigenvalue weighted by atomic mass is 16.5. The zero-order valence-corrected chi connectivity index (χ0v) is 18.5. The SMILES string of the molecule is COC(=O)c1[nH]c(C)c(/C(O)=C2\C(=O)C(=O)N(CCN(C)C)[C@H]2c2ccc(C)o2)c1C. The normalized spacial score (nSPS) is 18.3. The summed E-state index contributed by atoms with van der Waals surface area (Å²) >= 11 is 0. The van der Waals surface area contributed by atoms with Crippen molar-refractivity contribution in [3.05, 3.63) is 51.7 Å². The van der Waals surface area contributed by atoms with Gasteiger partial charge >= 0.3 is 5.97 Å². The number of nitrogens with one attached hydrogen (secondary N) is 1. The molecular weight excluding hydrogens is 402 g/mol. The van der Waals surface area contributed by atoms with Gasteiger partial charge in [-0.25, -0.2) is 4.79 Å². The van der Waals surface area contributed by atoms with Crippen molar-refractivity contribution in [2.24, 2.45) is 0 Å². The van der Waals surface area contributed by atoms with Gasteiger partial charge in [0.05, 0.1) is 12.7 Å². The smallest absolute Gasteiger partial charge is 0.354 e. The Balaban J connectivity index is 2.20. The lowest BCUT2D eigenvalue weighted by molar-refractivity contribution is -0.140. The van der Waals surface area contributed by atoms with Crippen LogP contribution in [0.25, 0.3) is 5.76 Å². The van der Waals surface area contributed by atoms with E-state index in [0.717, 1.165) is 0 Å². The third kappa shape index (κ3) is 3.88. The zero-order chi connectivity index (χ0) is 23.0. The van der Waals surface area contributed by atoms with E-state index in [9.17, 15) is 19.5 Å². The van der Waals surface area contributed by atoms with Crippen molar-refractivity contribution in [2.75, 3.05) is 34.3 Å². The summed E-state index contributed by atoms with van der Waals surface area (Å²) in [5, 5.41) is 11.2.